The third-order valence-electron chi connectivity index (χ3n) is 3.16. The van der Waals surface area contributed by atoms with Crippen LogP contribution >= 0.6 is 0 Å². The van der Waals surface area contributed by atoms with Crippen LogP contribution in [0.25, 0.3) is 0 Å². The van der Waals surface area contributed by atoms with E-state index in [1.54, 1.807) is 17.0 Å². The lowest BCUT2D eigenvalue weighted by Crippen LogP contribution is -2.46. The molecule has 6 heteroatoms. The van der Waals surface area contributed by atoms with Gasteiger partial charge in [-0.2, -0.15) is 0 Å². The smallest absolute Gasteiger partial charge is 0.254 e. The molecule has 0 aliphatic carbocycles. The molecule has 0 bridgehead atoms. The first-order valence-corrected chi connectivity index (χ1v) is 6.19. The van der Waals surface area contributed by atoms with Crippen molar-refractivity contribution in [1.29, 1.82) is 0 Å². The summed E-state index contributed by atoms with van der Waals surface area (Å²) in [6.07, 6.45) is 0. The molecule has 1 heterocycles. The number of hydrogen-bond acceptors (Lipinski definition) is 5. The van der Waals surface area contributed by atoms with Crippen molar-refractivity contribution in [1.82, 2.24) is 10.2 Å². The highest BCUT2D eigenvalue weighted by Crippen LogP contribution is 2.34. The lowest BCUT2D eigenvalue weighted by molar-refractivity contribution is 0.0735. The Morgan fingerprint density at radius 3 is 2.53 bits per heavy atom. The minimum atomic E-state index is -0.0332. The third-order valence-corrected chi connectivity index (χ3v) is 3.16. The Morgan fingerprint density at radius 1 is 1.26 bits per heavy atom. The van der Waals surface area contributed by atoms with Gasteiger partial charge in [0.1, 0.15) is 0 Å². The topological polar surface area (TPSA) is 76.8 Å². The molecule has 0 radical (unpaired) electrons. The van der Waals surface area contributed by atoms with E-state index in [9.17, 15) is 4.79 Å². The molecular weight excluding hydrogens is 246 g/mol. The van der Waals surface area contributed by atoms with Crippen LogP contribution in [0.3, 0.4) is 0 Å². The summed E-state index contributed by atoms with van der Waals surface area (Å²) in [7, 11) is 3.04. The molecule has 3 N–H and O–H groups in total. The molecule has 0 aromatic heterocycles. The van der Waals surface area contributed by atoms with E-state index in [1.807, 2.05) is 0 Å². The molecule has 1 aromatic carbocycles. The number of methoxy groups -OCH3 is 2. The number of nitrogen functional groups attached to an aromatic ring is 1. The minimum absolute atomic E-state index is 0.0332. The van der Waals surface area contributed by atoms with E-state index in [-0.39, 0.29) is 5.91 Å². The summed E-state index contributed by atoms with van der Waals surface area (Å²) in [5.41, 5.74) is 6.82. The van der Waals surface area contributed by atoms with Crippen molar-refractivity contribution >= 4 is 11.6 Å². The lowest BCUT2D eigenvalue weighted by Gasteiger charge is -2.27. The van der Waals surface area contributed by atoms with Gasteiger partial charge in [-0.25, -0.2) is 0 Å². The van der Waals surface area contributed by atoms with Gasteiger partial charge in [0.05, 0.1) is 19.9 Å². The molecule has 2 rings (SSSR count). The maximum absolute atomic E-state index is 12.4. The fourth-order valence-corrected chi connectivity index (χ4v) is 2.17. The Balaban J connectivity index is 2.29. The van der Waals surface area contributed by atoms with Crippen molar-refractivity contribution < 1.29 is 14.3 Å². The zero-order valence-electron chi connectivity index (χ0n) is 11.2. The number of nitrogens with two attached hydrogens (primary N) is 1. The summed E-state index contributed by atoms with van der Waals surface area (Å²) in [6.45, 7) is 3.03. The second kappa shape index (κ2) is 5.79. The summed E-state index contributed by atoms with van der Waals surface area (Å²) in [5.74, 6) is 0.898. The quantitative estimate of drug-likeness (QED) is 0.770. The van der Waals surface area contributed by atoms with Gasteiger partial charge in [0.15, 0.2) is 11.5 Å². The van der Waals surface area contributed by atoms with Gasteiger partial charge in [-0.3, -0.25) is 4.79 Å². The van der Waals surface area contributed by atoms with Crippen LogP contribution in [0.2, 0.25) is 0 Å². The van der Waals surface area contributed by atoms with Crippen molar-refractivity contribution in [3.8, 4) is 11.5 Å². The molecular formula is C13H19N3O3. The first-order valence-electron chi connectivity index (χ1n) is 6.19. The Bertz CT molecular complexity index is 470. The zero-order valence-corrected chi connectivity index (χ0v) is 11.2. The van der Waals surface area contributed by atoms with Gasteiger partial charge in [-0.15, -0.1) is 0 Å². The van der Waals surface area contributed by atoms with Gasteiger partial charge >= 0.3 is 0 Å². The average Bonchev–Trinajstić information content (AvgIpc) is 2.46. The second-order valence-electron chi connectivity index (χ2n) is 4.34. The number of ether oxygens (including phenoxy) is 2. The van der Waals surface area contributed by atoms with E-state index in [4.69, 9.17) is 15.2 Å². The van der Waals surface area contributed by atoms with E-state index in [2.05, 4.69) is 5.32 Å². The zero-order chi connectivity index (χ0) is 13.8. The van der Waals surface area contributed by atoms with Crippen LogP contribution in [-0.4, -0.2) is 51.2 Å². The van der Waals surface area contributed by atoms with Gasteiger partial charge in [0.2, 0.25) is 0 Å². The first-order chi connectivity index (χ1) is 9.17. The SMILES string of the molecule is COc1cc(C(=O)N2CCNCC2)cc(N)c1OC. The molecule has 6 nitrogen and oxygen atoms in total. The summed E-state index contributed by atoms with van der Waals surface area (Å²) in [5, 5.41) is 3.21. The highest BCUT2D eigenvalue weighted by molar-refractivity contribution is 5.96. The Morgan fingerprint density at radius 2 is 1.95 bits per heavy atom. The highest BCUT2D eigenvalue weighted by atomic mass is 16.5. The molecule has 1 aliphatic rings. The highest BCUT2D eigenvalue weighted by Gasteiger charge is 2.20. The fourth-order valence-electron chi connectivity index (χ4n) is 2.17. The average molecular weight is 265 g/mol. The minimum Gasteiger partial charge on any atom is -0.493 e. The van der Waals surface area contributed by atoms with Crippen molar-refractivity contribution in [3.05, 3.63) is 17.7 Å². The molecule has 104 valence electrons. The molecule has 1 aromatic rings. The molecule has 1 amide bonds. The van der Waals surface area contributed by atoms with E-state index in [1.165, 1.54) is 14.2 Å². The Kier molecular flexibility index (Phi) is 4.11. The van der Waals surface area contributed by atoms with Gasteiger partial charge in [0.25, 0.3) is 5.91 Å². The summed E-state index contributed by atoms with van der Waals surface area (Å²) in [4.78, 5) is 14.2. The standard InChI is InChI=1S/C13H19N3O3/c1-18-11-8-9(7-10(14)12(11)19-2)13(17)16-5-3-15-4-6-16/h7-8,15H,3-6,14H2,1-2H3. The number of nitrogens with zero attached hydrogens (tertiary/aromatic N) is 1. The van der Waals surface area contributed by atoms with E-state index < -0.39 is 0 Å². The molecule has 0 saturated carbocycles. The lowest BCUT2D eigenvalue weighted by atomic mass is 10.1. The van der Waals surface area contributed by atoms with Crippen LogP contribution in [0.4, 0.5) is 5.69 Å². The number of piperazine rings is 1. The van der Waals surface area contributed by atoms with Crippen LogP contribution in [0.15, 0.2) is 12.1 Å². The molecule has 0 unspecified atom stereocenters. The number of amides is 1. The molecule has 1 aliphatic heterocycles. The normalized spacial score (nSPS) is 15.2. The molecule has 1 saturated heterocycles. The fraction of sp³-hybridized carbons (Fsp3) is 0.462. The number of carbonyl (C=O) groups excluding carboxylic acids is 1. The number of anilines is 1. The predicted octanol–water partition coefficient (Wildman–Crippen LogP) is 0.331. The third kappa shape index (κ3) is 2.73. The van der Waals surface area contributed by atoms with Crippen molar-refractivity contribution in [2.75, 3.05) is 46.1 Å². The second-order valence-corrected chi connectivity index (χ2v) is 4.34. The van der Waals surface area contributed by atoms with Crippen LogP contribution in [-0.2, 0) is 0 Å². The first kappa shape index (κ1) is 13.5. The van der Waals surface area contributed by atoms with Crippen molar-refractivity contribution in [2.24, 2.45) is 0 Å². The maximum atomic E-state index is 12.4. The van der Waals surface area contributed by atoms with Crippen LogP contribution in [0, 0.1) is 0 Å². The van der Waals surface area contributed by atoms with Crippen LogP contribution in [0.1, 0.15) is 10.4 Å². The molecule has 0 spiro atoms. The van der Waals surface area contributed by atoms with Gasteiger partial charge in [-0.1, -0.05) is 0 Å². The van der Waals surface area contributed by atoms with Crippen LogP contribution in [0.5, 0.6) is 11.5 Å². The maximum Gasteiger partial charge on any atom is 0.254 e. The van der Waals surface area contributed by atoms with Gasteiger partial charge in [-0.05, 0) is 12.1 Å². The monoisotopic (exact) mass is 265 g/mol. The van der Waals surface area contributed by atoms with Crippen molar-refractivity contribution in [3.63, 3.8) is 0 Å². The predicted molar refractivity (Wildman–Crippen MR) is 72.7 cm³/mol. The number of carbonyl (C=O) groups is 1. The summed E-state index contributed by atoms with van der Waals surface area (Å²) in [6, 6.07) is 3.30. The molecule has 1 fully saturated rings. The number of nitrogens with one attached hydrogen (secondary N) is 1. The largest absolute Gasteiger partial charge is 0.493 e. The number of rotatable bonds is 3. The van der Waals surface area contributed by atoms with E-state index >= 15 is 0 Å². The van der Waals surface area contributed by atoms with Crippen molar-refractivity contribution in [2.45, 2.75) is 0 Å². The van der Waals surface area contributed by atoms with E-state index in [0.717, 1.165) is 13.1 Å². The molecule has 0 atom stereocenters. The number of benzene rings is 1. The molecule has 19 heavy (non-hydrogen) atoms. The van der Waals surface area contributed by atoms with Gasteiger partial charge in [0, 0.05) is 31.7 Å². The Hall–Kier alpha value is -1.95. The summed E-state index contributed by atoms with van der Waals surface area (Å²) >= 11 is 0. The number of hydrogen-bond donors (Lipinski definition) is 2. The van der Waals surface area contributed by atoms with E-state index in [0.29, 0.717) is 35.8 Å². The van der Waals surface area contributed by atoms with Crippen LogP contribution < -0.4 is 20.5 Å². The Labute approximate surface area is 112 Å². The van der Waals surface area contributed by atoms with Gasteiger partial charge < -0.3 is 25.4 Å². The summed E-state index contributed by atoms with van der Waals surface area (Å²) < 4.78 is 10.4.